The summed E-state index contributed by atoms with van der Waals surface area (Å²) >= 11 is 1.10. The van der Waals surface area contributed by atoms with Gasteiger partial charge in [-0.05, 0) is 24.7 Å². The molecule has 0 unspecified atom stereocenters. The zero-order valence-corrected chi connectivity index (χ0v) is 18.6. The highest BCUT2D eigenvalue weighted by Gasteiger charge is 2.02. The molecule has 0 bridgehead atoms. The summed E-state index contributed by atoms with van der Waals surface area (Å²) < 4.78 is 4.60. The third-order valence-electron chi connectivity index (χ3n) is 4.49. The summed E-state index contributed by atoms with van der Waals surface area (Å²) in [4.78, 5) is 34.4. The number of unbranched alkanes of at least 4 members (excludes halogenated alkanes) is 10. The molecule has 0 radical (unpaired) electrons. The normalized spacial score (nSPS) is 10.9. The molecule has 0 aliphatic carbocycles. The minimum Gasteiger partial charge on any atom is -0.469 e. The van der Waals surface area contributed by atoms with Crippen LogP contribution in [0.15, 0.2) is 11.5 Å². The van der Waals surface area contributed by atoms with Gasteiger partial charge in [-0.15, -0.1) is 0 Å². The molecular formula is C22H39NO4S. The number of rotatable bonds is 18. The van der Waals surface area contributed by atoms with E-state index < -0.39 is 0 Å². The molecule has 1 amide bonds. The summed E-state index contributed by atoms with van der Waals surface area (Å²) in [5.41, 5.74) is 0. The van der Waals surface area contributed by atoms with Gasteiger partial charge in [0.15, 0.2) is 5.12 Å². The highest BCUT2D eigenvalue weighted by atomic mass is 32.2. The van der Waals surface area contributed by atoms with Crippen molar-refractivity contribution in [2.45, 2.75) is 96.8 Å². The average molecular weight is 414 g/mol. The lowest BCUT2D eigenvalue weighted by Gasteiger charge is -2.02. The Bertz CT molecular complexity index is 452. The lowest BCUT2D eigenvalue weighted by molar-refractivity contribution is -0.140. The fourth-order valence-corrected chi connectivity index (χ4v) is 3.36. The molecule has 5 nitrogen and oxygen atoms in total. The van der Waals surface area contributed by atoms with Crippen molar-refractivity contribution in [3.05, 3.63) is 11.5 Å². The molecule has 1 N–H and O–H groups in total. The predicted molar refractivity (Wildman–Crippen MR) is 117 cm³/mol. The van der Waals surface area contributed by atoms with Gasteiger partial charge in [-0.2, -0.15) is 0 Å². The Morgan fingerprint density at radius 2 is 1.39 bits per heavy atom. The predicted octanol–water partition coefficient (Wildman–Crippen LogP) is 5.53. The van der Waals surface area contributed by atoms with Gasteiger partial charge in [0, 0.05) is 25.5 Å². The number of esters is 1. The maximum atomic E-state index is 11.8. The van der Waals surface area contributed by atoms with E-state index in [2.05, 4.69) is 17.0 Å². The second-order valence-corrected chi connectivity index (χ2v) is 8.01. The Morgan fingerprint density at radius 1 is 0.821 bits per heavy atom. The largest absolute Gasteiger partial charge is 0.469 e. The van der Waals surface area contributed by atoms with Crippen LogP contribution in [0.1, 0.15) is 96.8 Å². The third kappa shape index (κ3) is 19.5. The van der Waals surface area contributed by atoms with E-state index in [9.17, 15) is 14.4 Å². The van der Waals surface area contributed by atoms with Crippen molar-refractivity contribution in [1.82, 2.24) is 5.32 Å². The van der Waals surface area contributed by atoms with Crippen molar-refractivity contribution in [3.8, 4) is 0 Å². The lowest BCUT2D eigenvalue weighted by atomic mass is 10.1. The highest BCUT2D eigenvalue weighted by molar-refractivity contribution is 8.16. The zero-order chi connectivity index (χ0) is 20.9. The Hall–Kier alpha value is -1.30. The molecule has 28 heavy (non-hydrogen) atoms. The van der Waals surface area contributed by atoms with E-state index in [4.69, 9.17) is 0 Å². The van der Waals surface area contributed by atoms with Crippen LogP contribution in [-0.2, 0) is 19.1 Å². The summed E-state index contributed by atoms with van der Waals surface area (Å²) in [6.07, 6.45) is 15.6. The Morgan fingerprint density at radius 3 is 2.04 bits per heavy atom. The van der Waals surface area contributed by atoms with Gasteiger partial charge in [-0.25, -0.2) is 0 Å². The van der Waals surface area contributed by atoms with Crippen LogP contribution in [0.4, 0.5) is 0 Å². The summed E-state index contributed by atoms with van der Waals surface area (Å²) in [7, 11) is 1.41. The molecule has 0 spiro atoms. The number of hydrogen-bond donors (Lipinski definition) is 1. The van der Waals surface area contributed by atoms with Gasteiger partial charge >= 0.3 is 5.97 Å². The van der Waals surface area contributed by atoms with Crippen molar-refractivity contribution >= 4 is 28.8 Å². The smallest absolute Gasteiger partial charge is 0.305 e. The molecule has 0 aliphatic rings. The molecule has 0 heterocycles. The molecule has 0 aromatic carbocycles. The van der Waals surface area contributed by atoms with E-state index in [0.29, 0.717) is 19.4 Å². The van der Waals surface area contributed by atoms with Crippen LogP contribution in [0.5, 0.6) is 0 Å². The van der Waals surface area contributed by atoms with Gasteiger partial charge in [0.05, 0.1) is 7.11 Å². The maximum Gasteiger partial charge on any atom is 0.305 e. The number of nitrogens with one attached hydrogen (secondary N) is 1. The SMILES string of the molecule is CCCCCCCCNC(=O)C=CSC(=O)CCCCCCCCC(=O)OC. The first-order chi connectivity index (χ1) is 13.6. The minimum absolute atomic E-state index is 0.102. The molecule has 0 aromatic heterocycles. The number of hydrogen-bond acceptors (Lipinski definition) is 5. The molecule has 0 fully saturated rings. The van der Waals surface area contributed by atoms with Gasteiger partial charge in [-0.1, -0.05) is 76.5 Å². The number of thioether (sulfide) groups is 1. The standard InChI is InChI=1S/C22H39NO4S/c1-3-4-5-6-11-14-18-23-20(24)17-19-28-22(26)16-13-10-8-7-9-12-15-21(25)27-2/h17,19H,3-16,18H2,1-2H3,(H,23,24). The summed E-state index contributed by atoms with van der Waals surface area (Å²) in [5, 5.41) is 4.55. The van der Waals surface area contributed by atoms with Gasteiger partial charge in [0.1, 0.15) is 0 Å². The highest BCUT2D eigenvalue weighted by Crippen LogP contribution is 2.13. The number of carbonyl (C=O) groups is 3. The fourth-order valence-electron chi connectivity index (χ4n) is 2.75. The maximum absolute atomic E-state index is 11.8. The van der Waals surface area contributed by atoms with Crippen LogP contribution in [0.25, 0.3) is 0 Å². The van der Waals surface area contributed by atoms with Crippen LogP contribution in [0.2, 0.25) is 0 Å². The van der Waals surface area contributed by atoms with Crippen LogP contribution in [-0.4, -0.2) is 30.6 Å². The van der Waals surface area contributed by atoms with Crippen molar-refractivity contribution in [3.63, 3.8) is 0 Å². The number of amides is 1. The molecule has 0 saturated heterocycles. The van der Waals surface area contributed by atoms with Gasteiger partial charge < -0.3 is 10.1 Å². The zero-order valence-electron chi connectivity index (χ0n) is 17.8. The monoisotopic (exact) mass is 413 g/mol. The second-order valence-electron chi connectivity index (χ2n) is 7.05. The van der Waals surface area contributed by atoms with Crippen LogP contribution < -0.4 is 5.32 Å². The van der Waals surface area contributed by atoms with Gasteiger partial charge in [0.25, 0.3) is 0 Å². The number of ether oxygens (including phenoxy) is 1. The van der Waals surface area contributed by atoms with Gasteiger partial charge in [0.2, 0.25) is 5.91 Å². The topological polar surface area (TPSA) is 72.5 Å². The van der Waals surface area contributed by atoms with Crippen LogP contribution in [0, 0.1) is 0 Å². The van der Waals surface area contributed by atoms with E-state index in [0.717, 1.165) is 63.1 Å². The summed E-state index contributed by atoms with van der Waals surface area (Å²) in [6, 6.07) is 0. The molecule has 0 rings (SSSR count). The summed E-state index contributed by atoms with van der Waals surface area (Å²) in [6.45, 7) is 2.90. The Kier molecular flexibility index (Phi) is 19.5. The molecule has 0 atom stereocenters. The van der Waals surface area contributed by atoms with E-state index >= 15 is 0 Å². The van der Waals surface area contributed by atoms with E-state index in [1.165, 1.54) is 38.9 Å². The molecule has 0 saturated carbocycles. The van der Waals surface area contributed by atoms with E-state index in [-0.39, 0.29) is 17.0 Å². The quantitative estimate of drug-likeness (QED) is 0.182. The number of carbonyl (C=O) groups excluding carboxylic acids is 3. The van der Waals surface area contributed by atoms with Crippen molar-refractivity contribution in [2.75, 3.05) is 13.7 Å². The van der Waals surface area contributed by atoms with Crippen molar-refractivity contribution in [2.24, 2.45) is 0 Å². The summed E-state index contributed by atoms with van der Waals surface area (Å²) in [5.74, 6) is -0.271. The van der Waals surface area contributed by atoms with E-state index in [1.807, 2.05) is 0 Å². The Balaban J connectivity index is 3.47. The number of methoxy groups -OCH3 is 1. The minimum atomic E-state index is -0.147. The first-order valence-corrected chi connectivity index (χ1v) is 11.7. The first-order valence-electron chi connectivity index (χ1n) is 10.8. The molecule has 162 valence electrons. The molecule has 0 aliphatic heterocycles. The Labute approximate surface area is 175 Å². The first kappa shape index (κ1) is 26.7. The van der Waals surface area contributed by atoms with Crippen LogP contribution in [0.3, 0.4) is 0 Å². The van der Waals surface area contributed by atoms with Gasteiger partial charge in [-0.3, -0.25) is 14.4 Å². The van der Waals surface area contributed by atoms with E-state index in [1.54, 1.807) is 5.41 Å². The average Bonchev–Trinajstić information content (AvgIpc) is 2.69. The third-order valence-corrected chi connectivity index (χ3v) is 5.23. The molecule has 0 aromatic rings. The fraction of sp³-hybridized carbons (Fsp3) is 0.773. The van der Waals surface area contributed by atoms with Crippen LogP contribution >= 0.6 is 11.8 Å². The van der Waals surface area contributed by atoms with Crippen molar-refractivity contribution in [1.29, 1.82) is 0 Å². The molecular weight excluding hydrogens is 374 g/mol. The lowest BCUT2D eigenvalue weighted by Crippen LogP contribution is -2.21. The van der Waals surface area contributed by atoms with Crippen molar-refractivity contribution < 1.29 is 19.1 Å². The molecule has 6 heteroatoms. The second kappa shape index (κ2) is 20.4.